The SMILES string of the molecule is FC1(F)C(Cl)=C1c1cccc(Br)c1. The smallest absolute Gasteiger partial charge is 0.195 e. The highest BCUT2D eigenvalue weighted by Crippen LogP contribution is 2.57. The van der Waals surface area contributed by atoms with Gasteiger partial charge in [0.2, 0.25) is 0 Å². The van der Waals surface area contributed by atoms with Gasteiger partial charge in [-0.05, 0) is 17.7 Å². The van der Waals surface area contributed by atoms with E-state index >= 15 is 0 Å². The minimum Gasteiger partial charge on any atom is -0.195 e. The molecule has 0 heterocycles. The van der Waals surface area contributed by atoms with Gasteiger partial charge < -0.3 is 0 Å². The zero-order valence-corrected chi connectivity index (χ0v) is 8.66. The van der Waals surface area contributed by atoms with Gasteiger partial charge in [0.05, 0.1) is 5.57 Å². The molecule has 0 fully saturated rings. The van der Waals surface area contributed by atoms with Gasteiger partial charge in [-0.1, -0.05) is 39.7 Å². The maximum Gasteiger partial charge on any atom is 0.311 e. The molecule has 0 unspecified atom stereocenters. The summed E-state index contributed by atoms with van der Waals surface area (Å²) < 4.78 is 26.3. The average Bonchev–Trinajstić information content (AvgIpc) is 2.51. The number of allylic oxidation sites excluding steroid dienone is 2. The van der Waals surface area contributed by atoms with E-state index in [1.165, 1.54) is 0 Å². The van der Waals surface area contributed by atoms with Crippen LogP contribution in [0.15, 0.2) is 33.8 Å². The van der Waals surface area contributed by atoms with Crippen LogP contribution in [0.5, 0.6) is 0 Å². The Bertz CT molecular complexity index is 398. The van der Waals surface area contributed by atoms with Crippen molar-refractivity contribution < 1.29 is 8.78 Å². The first kappa shape index (κ1) is 9.16. The van der Waals surface area contributed by atoms with Gasteiger partial charge in [0, 0.05) is 4.47 Å². The number of halogens is 4. The quantitative estimate of drug-likeness (QED) is 0.718. The van der Waals surface area contributed by atoms with E-state index in [0.29, 0.717) is 5.56 Å². The molecule has 1 aromatic carbocycles. The van der Waals surface area contributed by atoms with Gasteiger partial charge in [-0.25, -0.2) is 0 Å². The summed E-state index contributed by atoms with van der Waals surface area (Å²) in [6.07, 6.45) is 0. The third-order valence-corrected chi connectivity index (χ3v) is 2.78. The van der Waals surface area contributed by atoms with Crippen molar-refractivity contribution in [1.82, 2.24) is 0 Å². The summed E-state index contributed by atoms with van der Waals surface area (Å²) in [7, 11) is 0. The summed E-state index contributed by atoms with van der Waals surface area (Å²) in [5.74, 6) is -2.90. The van der Waals surface area contributed by atoms with Crippen molar-refractivity contribution in [2.24, 2.45) is 0 Å². The van der Waals surface area contributed by atoms with Crippen LogP contribution in [0.2, 0.25) is 0 Å². The minimum absolute atomic E-state index is 0.0598. The fraction of sp³-hybridized carbons (Fsp3) is 0.111. The largest absolute Gasteiger partial charge is 0.311 e. The molecule has 0 nitrogen and oxygen atoms in total. The van der Waals surface area contributed by atoms with Crippen LogP contribution in [0, 0.1) is 0 Å². The normalized spacial score (nSPS) is 19.1. The van der Waals surface area contributed by atoms with E-state index in [1.807, 2.05) is 0 Å². The van der Waals surface area contributed by atoms with E-state index in [9.17, 15) is 8.78 Å². The van der Waals surface area contributed by atoms with Crippen molar-refractivity contribution in [2.45, 2.75) is 5.92 Å². The highest BCUT2D eigenvalue weighted by atomic mass is 79.9. The predicted octanol–water partition coefficient (Wildman–Crippen LogP) is 4.05. The van der Waals surface area contributed by atoms with Crippen LogP contribution in [0.4, 0.5) is 8.78 Å². The lowest BCUT2D eigenvalue weighted by Crippen LogP contribution is -1.94. The Morgan fingerprint density at radius 3 is 2.38 bits per heavy atom. The van der Waals surface area contributed by atoms with Crippen LogP contribution in [0.3, 0.4) is 0 Å². The Labute approximate surface area is 87.3 Å². The van der Waals surface area contributed by atoms with E-state index in [4.69, 9.17) is 11.6 Å². The fourth-order valence-electron chi connectivity index (χ4n) is 1.16. The second kappa shape index (κ2) is 2.79. The van der Waals surface area contributed by atoms with Gasteiger partial charge in [-0.15, -0.1) is 0 Å². The van der Waals surface area contributed by atoms with E-state index in [0.717, 1.165) is 4.47 Å². The molecule has 68 valence electrons. The van der Waals surface area contributed by atoms with Crippen LogP contribution < -0.4 is 0 Å². The summed E-state index contributed by atoms with van der Waals surface area (Å²) >= 11 is 8.55. The Hall–Kier alpha value is -0.410. The van der Waals surface area contributed by atoms with Gasteiger partial charge >= 0.3 is 5.92 Å². The second-order valence-electron chi connectivity index (χ2n) is 2.77. The lowest BCUT2D eigenvalue weighted by Gasteiger charge is -1.97. The summed E-state index contributed by atoms with van der Waals surface area (Å²) in [5.41, 5.74) is 0.417. The van der Waals surface area contributed by atoms with Crippen LogP contribution in [0.25, 0.3) is 5.57 Å². The Kier molecular flexibility index (Phi) is 1.96. The maximum absolute atomic E-state index is 12.8. The number of rotatable bonds is 1. The van der Waals surface area contributed by atoms with E-state index in [-0.39, 0.29) is 10.6 Å². The zero-order chi connectivity index (χ0) is 9.64. The van der Waals surface area contributed by atoms with Crippen molar-refractivity contribution in [3.63, 3.8) is 0 Å². The monoisotopic (exact) mass is 264 g/mol. The first-order chi connectivity index (χ1) is 6.03. The fourth-order valence-corrected chi connectivity index (χ4v) is 1.83. The summed E-state index contributed by atoms with van der Waals surface area (Å²) in [6.45, 7) is 0. The third kappa shape index (κ3) is 1.40. The highest BCUT2D eigenvalue weighted by molar-refractivity contribution is 9.10. The van der Waals surface area contributed by atoms with Crippen molar-refractivity contribution >= 4 is 33.1 Å². The molecular weight excluding hydrogens is 261 g/mol. The molecule has 0 saturated carbocycles. The molecule has 0 spiro atoms. The molecule has 0 amide bonds. The van der Waals surface area contributed by atoms with Crippen molar-refractivity contribution in [1.29, 1.82) is 0 Å². The van der Waals surface area contributed by atoms with Crippen molar-refractivity contribution in [2.75, 3.05) is 0 Å². The molecule has 0 aromatic heterocycles. The molecule has 4 heteroatoms. The number of alkyl halides is 2. The number of hydrogen-bond donors (Lipinski definition) is 0. The minimum atomic E-state index is -2.90. The molecule has 0 N–H and O–H groups in total. The molecule has 1 aliphatic rings. The zero-order valence-electron chi connectivity index (χ0n) is 6.32. The van der Waals surface area contributed by atoms with E-state index < -0.39 is 5.92 Å². The van der Waals surface area contributed by atoms with E-state index in [1.54, 1.807) is 24.3 Å². The number of hydrogen-bond acceptors (Lipinski definition) is 0. The highest BCUT2D eigenvalue weighted by Gasteiger charge is 2.56. The summed E-state index contributed by atoms with van der Waals surface area (Å²) in [6, 6.07) is 6.71. The van der Waals surface area contributed by atoms with Gasteiger partial charge in [-0.3, -0.25) is 0 Å². The lowest BCUT2D eigenvalue weighted by atomic mass is 10.2. The van der Waals surface area contributed by atoms with Gasteiger partial charge in [0.25, 0.3) is 0 Å². The third-order valence-electron chi connectivity index (χ3n) is 1.86. The van der Waals surface area contributed by atoms with Crippen LogP contribution in [-0.4, -0.2) is 5.92 Å². The van der Waals surface area contributed by atoms with Crippen LogP contribution in [-0.2, 0) is 0 Å². The Morgan fingerprint density at radius 2 is 1.92 bits per heavy atom. The molecule has 13 heavy (non-hydrogen) atoms. The standard InChI is InChI=1S/C9H4BrClF2/c10-6-3-1-2-5(4-6)7-8(11)9(7,12)13/h1-4H. The lowest BCUT2D eigenvalue weighted by molar-refractivity contribution is 0.155. The van der Waals surface area contributed by atoms with Crippen LogP contribution in [0.1, 0.15) is 5.56 Å². The Morgan fingerprint density at radius 1 is 1.31 bits per heavy atom. The number of benzene rings is 1. The van der Waals surface area contributed by atoms with E-state index in [2.05, 4.69) is 15.9 Å². The first-order valence-corrected chi connectivity index (χ1v) is 4.75. The topological polar surface area (TPSA) is 0 Å². The van der Waals surface area contributed by atoms with Crippen molar-refractivity contribution in [3.05, 3.63) is 39.3 Å². The van der Waals surface area contributed by atoms with Gasteiger partial charge in [0.15, 0.2) is 0 Å². The second-order valence-corrected chi connectivity index (χ2v) is 4.07. The summed E-state index contributed by atoms with van der Waals surface area (Å²) in [5, 5.41) is -0.342. The molecule has 0 atom stereocenters. The molecule has 0 radical (unpaired) electrons. The van der Waals surface area contributed by atoms with Crippen molar-refractivity contribution in [3.8, 4) is 0 Å². The molecule has 0 saturated heterocycles. The maximum atomic E-state index is 12.8. The Balaban J connectivity index is 2.40. The molecular formula is C9H4BrClF2. The van der Waals surface area contributed by atoms with Crippen LogP contribution >= 0.6 is 27.5 Å². The average molecular weight is 265 g/mol. The summed E-state index contributed by atoms with van der Waals surface area (Å²) in [4.78, 5) is 0. The molecule has 0 aliphatic heterocycles. The molecule has 1 aliphatic carbocycles. The molecule has 1 aromatic rings. The predicted molar refractivity (Wildman–Crippen MR) is 51.9 cm³/mol. The van der Waals surface area contributed by atoms with Gasteiger partial charge in [-0.2, -0.15) is 8.78 Å². The molecule has 2 rings (SSSR count). The molecule has 0 bridgehead atoms. The van der Waals surface area contributed by atoms with Gasteiger partial charge in [0.1, 0.15) is 5.03 Å². The first-order valence-electron chi connectivity index (χ1n) is 3.58.